The van der Waals surface area contributed by atoms with Crippen LogP contribution in [0.15, 0.2) is 91.1 Å². The number of benzene rings is 3. The summed E-state index contributed by atoms with van der Waals surface area (Å²) in [7, 11) is -3.36. The van der Waals surface area contributed by atoms with E-state index in [0.29, 0.717) is 32.7 Å². The van der Waals surface area contributed by atoms with E-state index in [1.54, 1.807) is 36.4 Å². The molecular formula is C32H28Cl2N4O4S. The molecule has 3 aromatic carbocycles. The van der Waals surface area contributed by atoms with Crippen LogP contribution in [0.25, 0.3) is 22.7 Å². The first kappa shape index (κ1) is 30.2. The van der Waals surface area contributed by atoms with Crippen molar-refractivity contribution in [3.8, 4) is 11.4 Å². The zero-order valence-corrected chi connectivity index (χ0v) is 25.7. The quantitative estimate of drug-likeness (QED) is 0.162. The van der Waals surface area contributed by atoms with Crippen LogP contribution in [0, 0.1) is 6.92 Å². The third-order valence-corrected chi connectivity index (χ3v) is 7.92. The highest BCUT2D eigenvalue weighted by molar-refractivity contribution is 7.92. The first-order valence-electron chi connectivity index (χ1n) is 13.2. The van der Waals surface area contributed by atoms with Gasteiger partial charge in [0.1, 0.15) is 17.9 Å². The van der Waals surface area contributed by atoms with E-state index < -0.39 is 10.0 Å². The number of rotatable bonds is 10. The summed E-state index contributed by atoms with van der Waals surface area (Å²) in [5.41, 5.74) is 4.99. The number of nitrogens with zero attached hydrogens (tertiary/aromatic N) is 2. The van der Waals surface area contributed by atoms with Crippen LogP contribution >= 0.6 is 23.2 Å². The molecule has 8 nitrogen and oxygen atoms in total. The van der Waals surface area contributed by atoms with Gasteiger partial charge in [0.25, 0.3) is 0 Å². The first-order chi connectivity index (χ1) is 20.6. The second kappa shape index (κ2) is 12.9. The highest BCUT2D eigenvalue weighted by atomic mass is 35.5. The van der Waals surface area contributed by atoms with Gasteiger partial charge in [-0.25, -0.2) is 13.4 Å². The SMILES string of the molecule is Cc1ccc2cccc(OCc3c(Cl)ccc(-n4cccc4CNC(=O)/C=C/c4ccc(NS(C)(=O)=O)cc4)c3Cl)c2n1. The summed E-state index contributed by atoms with van der Waals surface area (Å²) in [4.78, 5) is 17.2. The molecule has 0 fully saturated rings. The van der Waals surface area contributed by atoms with E-state index >= 15 is 0 Å². The van der Waals surface area contributed by atoms with Crippen molar-refractivity contribution >= 4 is 61.8 Å². The molecule has 2 N–H and O–H groups in total. The van der Waals surface area contributed by atoms with E-state index in [1.165, 1.54) is 6.08 Å². The molecule has 0 saturated carbocycles. The summed E-state index contributed by atoms with van der Waals surface area (Å²) >= 11 is 13.4. The normalized spacial score (nSPS) is 11.6. The Kier molecular flexibility index (Phi) is 9.05. The van der Waals surface area contributed by atoms with Crippen molar-refractivity contribution in [3.63, 3.8) is 0 Å². The maximum atomic E-state index is 12.5. The van der Waals surface area contributed by atoms with Gasteiger partial charge >= 0.3 is 0 Å². The Bertz CT molecular complexity index is 1940. The fourth-order valence-corrected chi connectivity index (χ4v) is 5.60. The Morgan fingerprint density at radius 2 is 1.79 bits per heavy atom. The van der Waals surface area contributed by atoms with Gasteiger partial charge in [0.05, 0.1) is 23.5 Å². The molecule has 0 saturated heterocycles. The van der Waals surface area contributed by atoms with Gasteiger partial charge in [-0.2, -0.15) is 0 Å². The molecule has 43 heavy (non-hydrogen) atoms. The molecule has 0 radical (unpaired) electrons. The van der Waals surface area contributed by atoms with Crippen LogP contribution in [0.2, 0.25) is 10.0 Å². The van der Waals surface area contributed by atoms with Gasteiger partial charge in [-0.3, -0.25) is 9.52 Å². The van der Waals surface area contributed by atoms with Gasteiger partial charge in [-0.05, 0) is 67.1 Å². The lowest BCUT2D eigenvalue weighted by molar-refractivity contribution is -0.116. The molecule has 5 rings (SSSR count). The van der Waals surface area contributed by atoms with Gasteiger partial charge < -0.3 is 14.6 Å². The lowest BCUT2D eigenvalue weighted by Gasteiger charge is -2.16. The molecule has 0 bridgehead atoms. The summed E-state index contributed by atoms with van der Waals surface area (Å²) in [6.07, 6.45) is 6.01. The molecule has 0 unspecified atom stereocenters. The number of hydrogen-bond acceptors (Lipinski definition) is 5. The van der Waals surface area contributed by atoms with Crippen molar-refractivity contribution in [2.24, 2.45) is 0 Å². The number of carbonyl (C=O) groups excluding carboxylic acids is 1. The van der Waals surface area contributed by atoms with Crippen LogP contribution < -0.4 is 14.8 Å². The number of pyridine rings is 1. The minimum atomic E-state index is -3.36. The van der Waals surface area contributed by atoms with Crippen LogP contribution in [0.4, 0.5) is 5.69 Å². The fraction of sp³-hybridized carbons (Fsp3) is 0.125. The number of anilines is 1. The predicted molar refractivity (Wildman–Crippen MR) is 172 cm³/mol. The van der Waals surface area contributed by atoms with E-state index in [0.717, 1.165) is 34.1 Å². The molecule has 5 aromatic rings. The summed E-state index contributed by atoms with van der Waals surface area (Å²) in [5.74, 6) is 0.346. The zero-order valence-electron chi connectivity index (χ0n) is 23.3. The Morgan fingerprint density at radius 3 is 2.56 bits per heavy atom. The average molecular weight is 636 g/mol. The van der Waals surface area contributed by atoms with Crippen molar-refractivity contribution in [1.82, 2.24) is 14.9 Å². The smallest absolute Gasteiger partial charge is 0.244 e. The number of aryl methyl sites for hydroxylation is 1. The number of carbonyl (C=O) groups is 1. The van der Waals surface area contributed by atoms with E-state index in [9.17, 15) is 13.2 Å². The number of hydrogen-bond donors (Lipinski definition) is 2. The number of para-hydroxylation sites is 1. The minimum absolute atomic E-state index is 0.143. The summed E-state index contributed by atoms with van der Waals surface area (Å²) < 4.78 is 33.2. The maximum Gasteiger partial charge on any atom is 0.244 e. The lowest BCUT2D eigenvalue weighted by Crippen LogP contribution is -2.21. The standard InChI is InChI=1S/C32H28Cl2N4O4S/c1-21-8-12-23-5-3-7-29(32(23)36-21)42-20-26-27(33)15-16-28(31(26)34)38-18-4-6-25(38)19-35-30(39)17-11-22-9-13-24(14-10-22)37-43(2,40)41/h3-18,37H,19-20H2,1-2H3,(H,35,39)/b17-11+. The molecule has 11 heteroatoms. The van der Waals surface area contributed by atoms with Crippen LogP contribution in [0.5, 0.6) is 5.75 Å². The fourth-order valence-electron chi connectivity index (χ4n) is 4.47. The number of fused-ring (bicyclic) bond motifs is 1. The van der Waals surface area contributed by atoms with Gasteiger partial charge in [0.2, 0.25) is 15.9 Å². The molecule has 1 amide bonds. The third-order valence-electron chi connectivity index (χ3n) is 6.54. The maximum absolute atomic E-state index is 12.5. The second-order valence-corrected chi connectivity index (χ2v) is 12.4. The Morgan fingerprint density at radius 1 is 1.00 bits per heavy atom. The summed E-state index contributed by atoms with van der Waals surface area (Å²) in [6.45, 7) is 2.32. The number of ether oxygens (including phenoxy) is 1. The van der Waals surface area contributed by atoms with E-state index in [-0.39, 0.29) is 19.1 Å². The zero-order chi connectivity index (χ0) is 30.6. The highest BCUT2D eigenvalue weighted by Gasteiger charge is 2.16. The number of amides is 1. The van der Waals surface area contributed by atoms with Crippen LogP contribution in [0.1, 0.15) is 22.5 Å². The Hall–Kier alpha value is -4.31. The molecule has 0 aliphatic rings. The van der Waals surface area contributed by atoms with E-state index in [1.807, 2.05) is 66.2 Å². The van der Waals surface area contributed by atoms with Crippen molar-refractivity contribution in [2.75, 3.05) is 11.0 Å². The lowest BCUT2D eigenvalue weighted by atomic mass is 10.1. The molecule has 2 heterocycles. The highest BCUT2D eigenvalue weighted by Crippen LogP contribution is 2.33. The topological polar surface area (TPSA) is 102 Å². The minimum Gasteiger partial charge on any atom is -0.487 e. The Labute approximate surface area is 260 Å². The van der Waals surface area contributed by atoms with Crippen LogP contribution in [0.3, 0.4) is 0 Å². The molecular weight excluding hydrogens is 607 g/mol. The molecule has 0 aliphatic carbocycles. The van der Waals surface area contributed by atoms with Crippen molar-refractivity contribution in [2.45, 2.75) is 20.1 Å². The average Bonchev–Trinajstić information content (AvgIpc) is 3.43. The third kappa shape index (κ3) is 7.56. The van der Waals surface area contributed by atoms with Crippen LogP contribution in [-0.4, -0.2) is 30.1 Å². The monoisotopic (exact) mass is 634 g/mol. The number of nitrogens with one attached hydrogen (secondary N) is 2. The van der Waals surface area contributed by atoms with Crippen molar-refractivity contribution < 1.29 is 17.9 Å². The van der Waals surface area contributed by atoms with Gasteiger partial charge in [-0.1, -0.05) is 53.5 Å². The molecule has 0 aliphatic heterocycles. The Balaban J connectivity index is 1.27. The summed E-state index contributed by atoms with van der Waals surface area (Å²) in [5, 5.41) is 4.77. The number of halogens is 2. The van der Waals surface area contributed by atoms with Crippen molar-refractivity contribution in [3.05, 3.63) is 124 Å². The molecule has 2 aromatic heterocycles. The number of sulfonamides is 1. The van der Waals surface area contributed by atoms with E-state index in [2.05, 4.69) is 15.0 Å². The second-order valence-electron chi connectivity index (χ2n) is 9.85. The summed E-state index contributed by atoms with van der Waals surface area (Å²) in [6, 6.07) is 23.8. The molecule has 220 valence electrons. The molecule has 0 spiro atoms. The van der Waals surface area contributed by atoms with Crippen LogP contribution in [-0.2, 0) is 28.0 Å². The number of aromatic nitrogens is 2. The van der Waals surface area contributed by atoms with Crippen molar-refractivity contribution in [1.29, 1.82) is 0 Å². The van der Waals surface area contributed by atoms with Gasteiger partial charge in [0.15, 0.2) is 0 Å². The van der Waals surface area contributed by atoms with Gasteiger partial charge in [-0.15, -0.1) is 0 Å². The van der Waals surface area contributed by atoms with E-state index in [4.69, 9.17) is 27.9 Å². The predicted octanol–water partition coefficient (Wildman–Crippen LogP) is 6.92. The largest absolute Gasteiger partial charge is 0.487 e. The van der Waals surface area contributed by atoms with Gasteiger partial charge in [0, 0.05) is 45.3 Å². The first-order valence-corrected chi connectivity index (χ1v) is 15.9. The molecule has 0 atom stereocenters.